The maximum atomic E-state index is 13.4. The molecule has 2 aromatic carbocycles. The van der Waals surface area contributed by atoms with Crippen LogP contribution in [0.2, 0.25) is 5.02 Å². The molecule has 0 saturated heterocycles. The van der Waals surface area contributed by atoms with E-state index in [1.807, 2.05) is 18.2 Å². The van der Waals surface area contributed by atoms with E-state index in [9.17, 15) is 14.9 Å². The van der Waals surface area contributed by atoms with Gasteiger partial charge in [0.1, 0.15) is 12.0 Å². The van der Waals surface area contributed by atoms with E-state index < -0.39 is 4.92 Å². The van der Waals surface area contributed by atoms with E-state index >= 15 is 0 Å². The third-order valence-corrected chi connectivity index (χ3v) is 7.10. The molecule has 1 aliphatic carbocycles. The number of rotatable bonds is 6. The van der Waals surface area contributed by atoms with Gasteiger partial charge < -0.3 is 4.74 Å². The Balaban J connectivity index is 1.47. The summed E-state index contributed by atoms with van der Waals surface area (Å²) in [6.07, 6.45) is 8.01. The van der Waals surface area contributed by atoms with E-state index in [0.717, 1.165) is 31.9 Å². The van der Waals surface area contributed by atoms with Crippen LogP contribution in [0, 0.1) is 10.1 Å². The van der Waals surface area contributed by atoms with Gasteiger partial charge in [-0.05, 0) is 58.6 Å². The van der Waals surface area contributed by atoms with Crippen LogP contribution in [-0.4, -0.2) is 25.8 Å². The number of fused-ring (bicyclic) bond motifs is 1. The van der Waals surface area contributed by atoms with Crippen molar-refractivity contribution in [2.75, 3.05) is 0 Å². The van der Waals surface area contributed by atoms with Gasteiger partial charge >= 0.3 is 0 Å². The molecule has 9 nitrogen and oxygen atoms in total. The number of benzene rings is 2. The Bertz CT molecular complexity index is 1540. The standard InChI is InChI=1S/C26H21BrClN5O4/c27-20-12-16(13-21(28)24(20)37-23-11-10-18(15-29-23)33(35)36)14-30-32-25(17-6-2-1-3-7-17)31-22-9-5-4-8-19(22)26(32)34/h4-5,8-15,17H,1-3,6-7H2. The molecule has 188 valence electrons. The quantitative estimate of drug-likeness (QED) is 0.140. The van der Waals surface area contributed by atoms with Crippen LogP contribution < -0.4 is 10.3 Å². The zero-order chi connectivity index (χ0) is 25.9. The molecule has 1 fully saturated rings. The highest BCUT2D eigenvalue weighted by molar-refractivity contribution is 9.10. The van der Waals surface area contributed by atoms with Gasteiger partial charge in [0, 0.05) is 18.1 Å². The van der Waals surface area contributed by atoms with E-state index in [0.29, 0.717) is 32.5 Å². The largest absolute Gasteiger partial charge is 0.436 e. The van der Waals surface area contributed by atoms with Gasteiger partial charge in [-0.1, -0.05) is 43.0 Å². The first kappa shape index (κ1) is 25.0. The minimum atomic E-state index is -0.538. The molecule has 0 aliphatic heterocycles. The monoisotopic (exact) mass is 581 g/mol. The summed E-state index contributed by atoms with van der Waals surface area (Å²) < 4.78 is 7.67. The van der Waals surface area contributed by atoms with Crippen molar-refractivity contribution in [1.29, 1.82) is 0 Å². The highest BCUT2D eigenvalue weighted by Crippen LogP contribution is 2.37. The molecule has 1 aliphatic rings. The molecule has 5 rings (SSSR count). The molecule has 0 N–H and O–H groups in total. The molecule has 37 heavy (non-hydrogen) atoms. The van der Waals surface area contributed by atoms with E-state index in [2.05, 4.69) is 26.0 Å². The maximum absolute atomic E-state index is 13.4. The fourth-order valence-corrected chi connectivity index (χ4v) is 5.34. The van der Waals surface area contributed by atoms with E-state index in [1.54, 1.807) is 24.4 Å². The number of ether oxygens (including phenoxy) is 1. The van der Waals surface area contributed by atoms with E-state index in [4.69, 9.17) is 21.3 Å². The Morgan fingerprint density at radius 1 is 1.16 bits per heavy atom. The van der Waals surface area contributed by atoms with Crippen LogP contribution in [-0.2, 0) is 0 Å². The van der Waals surface area contributed by atoms with Crippen molar-refractivity contribution in [3.63, 3.8) is 0 Å². The Kier molecular flexibility index (Phi) is 7.29. The number of pyridine rings is 1. The summed E-state index contributed by atoms with van der Waals surface area (Å²) in [5.74, 6) is 1.30. The Hall–Kier alpha value is -3.63. The van der Waals surface area contributed by atoms with Gasteiger partial charge in [-0.15, -0.1) is 0 Å². The predicted octanol–water partition coefficient (Wildman–Crippen LogP) is 6.84. The summed E-state index contributed by atoms with van der Waals surface area (Å²) in [4.78, 5) is 32.5. The zero-order valence-corrected chi connectivity index (χ0v) is 21.9. The topological polar surface area (TPSA) is 113 Å². The van der Waals surface area contributed by atoms with Crippen LogP contribution in [0.15, 0.2) is 69.1 Å². The zero-order valence-electron chi connectivity index (χ0n) is 19.5. The summed E-state index contributed by atoms with van der Waals surface area (Å²) in [6, 6.07) is 13.4. The highest BCUT2D eigenvalue weighted by Gasteiger charge is 2.22. The van der Waals surface area contributed by atoms with Crippen molar-refractivity contribution < 1.29 is 9.66 Å². The summed E-state index contributed by atoms with van der Waals surface area (Å²) >= 11 is 9.93. The molecule has 2 heterocycles. The first-order chi connectivity index (χ1) is 17.9. The summed E-state index contributed by atoms with van der Waals surface area (Å²) in [7, 11) is 0. The van der Waals surface area contributed by atoms with E-state index in [1.165, 1.54) is 23.2 Å². The number of halogens is 2. The van der Waals surface area contributed by atoms with Crippen molar-refractivity contribution in [2.45, 2.75) is 38.0 Å². The van der Waals surface area contributed by atoms with Crippen molar-refractivity contribution in [1.82, 2.24) is 14.6 Å². The lowest BCUT2D eigenvalue weighted by atomic mass is 9.88. The molecule has 4 aromatic rings. The number of para-hydroxylation sites is 1. The summed E-state index contributed by atoms with van der Waals surface area (Å²) in [5, 5.41) is 16.2. The van der Waals surface area contributed by atoms with Crippen molar-refractivity contribution in [3.05, 3.63) is 96.1 Å². The van der Waals surface area contributed by atoms with Crippen molar-refractivity contribution in [3.8, 4) is 11.6 Å². The highest BCUT2D eigenvalue weighted by atomic mass is 79.9. The fourth-order valence-electron chi connectivity index (χ4n) is 4.40. The lowest BCUT2D eigenvalue weighted by molar-refractivity contribution is -0.385. The third-order valence-electron chi connectivity index (χ3n) is 6.23. The Morgan fingerprint density at radius 2 is 1.95 bits per heavy atom. The van der Waals surface area contributed by atoms with Crippen molar-refractivity contribution >= 4 is 50.3 Å². The first-order valence-corrected chi connectivity index (χ1v) is 12.9. The lowest BCUT2D eigenvalue weighted by Gasteiger charge is -2.22. The van der Waals surface area contributed by atoms with Crippen molar-refractivity contribution in [2.24, 2.45) is 5.10 Å². The number of hydrogen-bond acceptors (Lipinski definition) is 7. The van der Waals surface area contributed by atoms with Crippen LogP contribution in [0.5, 0.6) is 11.6 Å². The number of hydrogen-bond donors (Lipinski definition) is 0. The Labute approximate surface area is 225 Å². The van der Waals surface area contributed by atoms with Crippen LogP contribution in [0.1, 0.15) is 49.4 Å². The average molecular weight is 583 g/mol. The average Bonchev–Trinajstić information content (AvgIpc) is 2.91. The van der Waals surface area contributed by atoms with Crippen LogP contribution in [0.25, 0.3) is 10.9 Å². The second kappa shape index (κ2) is 10.8. The molecule has 0 atom stereocenters. The second-order valence-electron chi connectivity index (χ2n) is 8.71. The number of nitro groups is 1. The van der Waals surface area contributed by atoms with Crippen LogP contribution >= 0.6 is 27.5 Å². The molecule has 2 aromatic heterocycles. The summed E-state index contributed by atoms with van der Waals surface area (Å²) in [5.41, 5.74) is 0.953. The SMILES string of the molecule is O=c1c2ccccc2nc(C2CCCCC2)n1N=Cc1cc(Cl)c(Oc2ccc([N+](=O)[O-])cn2)c(Br)c1. The van der Waals surface area contributed by atoms with Gasteiger partial charge in [-0.2, -0.15) is 9.78 Å². The van der Waals surface area contributed by atoms with Gasteiger partial charge in [0.15, 0.2) is 5.75 Å². The second-order valence-corrected chi connectivity index (χ2v) is 9.97. The molecule has 1 saturated carbocycles. The van der Waals surface area contributed by atoms with Gasteiger partial charge in [-0.3, -0.25) is 14.9 Å². The van der Waals surface area contributed by atoms with Gasteiger partial charge in [0.25, 0.3) is 11.2 Å². The molecule has 0 spiro atoms. The van der Waals surface area contributed by atoms with Crippen LogP contribution in [0.3, 0.4) is 0 Å². The smallest absolute Gasteiger partial charge is 0.287 e. The first-order valence-electron chi connectivity index (χ1n) is 11.7. The summed E-state index contributed by atoms with van der Waals surface area (Å²) in [6.45, 7) is 0. The van der Waals surface area contributed by atoms with Gasteiger partial charge in [0.2, 0.25) is 5.88 Å². The molecule has 0 bridgehead atoms. The third kappa shape index (κ3) is 5.40. The number of aromatic nitrogens is 3. The fraction of sp³-hybridized carbons (Fsp3) is 0.231. The van der Waals surface area contributed by atoms with E-state index in [-0.39, 0.29) is 28.1 Å². The molecule has 0 amide bonds. The molecular weight excluding hydrogens is 562 g/mol. The predicted molar refractivity (Wildman–Crippen MR) is 145 cm³/mol. The molecule has 0 unspecified atom stereocenters. The maximum Gasteiger partial charge on any atom is 0.287 e. The molecule has 11 heteroatoms. The van der Waals surface area contributed by atoms with Gasteiger partial charge in [-0.25, -0.2) is 9.97 Å². The molecule has 0 radical (unpaired) electrons. The van der Waals surface area contributed by atoms with Crippen LogP contribution in [0.4, 0.5) is 5.69 Å². The molecular formula is C26H21BrClN5O4. The normalized spacial score (nSPS) is 14.3. The minimum Gasteiger partial charge on any atom is -0.436 e. The lowest BCUT2D eigenvalue weighted by Crippen LogP contribution is -2.25. The Morgan fingerprint density at radius 3 is 2.65 bits per heavy atom. The minimum absolute atomic E-state index is 0.143. The number of nitrogens with zero attached hydrogens (tertiary/aromatic N) is 5. The van der Waals surface area contributed by atoms with Gasteiger partial charge in [0.05, 0.1) is 31.5 Å².